The number of hydrogen-bond acceptors (Lipinski definition) is 20. The zero-order valence-electron chi connectivity index (χ0n) is 68.0. The van der Waals surface area contributed by atoms with E-state index in [1.165, 1.54) is 21.3 Å². The molecule has 6 aromatic carbocycles. The number of ether oxygens (including phenoxy) is 3. The van der Waals surface area contributed by atoms with Crippen LogP contribution in [0.25, 0.3) is 44.9 Å². The lowest BCUT2D eigenvalue weighted by Crippen LogP contribution is -2.41. The molecule has 120 heavy (non-hydrogen) atoms. The first kappa shape index (κ1) is 103. The van der Waals surface area contributed by atoms with Crippen molar-refractivity contribution in [3.05, 3.63) is 272 Å². The number of aromatic amines is 1. The molecule has 5 aromatic heterocycles. The van der Waals surface area contributed by atoms with Gasteiger partial charge in [-0.15, -0.1) is 22.6 Å². The summed E-state index contributed by atoms with van der Waals surface area (Å²) in [7, 11) is 3.18. The van der Waals surface area contributed by atoms with Gasteiger partial charge in [-0.25, -0.2) is 28.1 Å². The molecule has 14 rings (SSSR count). The van der Waals surface area contributed by atoms with Gasteiger partial charge >= 0.3 is 21.1 Å². The highest BCUT2D eigenvalue weighted by Crippen LogP contribution is 2.45. The van der Waals surface area contributed by atoms with Crippen molar-refractivity contribution >= 4 is 106 Å². The van der Waals surface area contributed by atoms with Crippen molar-refractivity contribution in [2.75, 3.05) is 21.3 Å². The Morgan fingerprint density at radius 3 is 1.12 bits per heavy atom. The molecule has 0 saturated carbocycles. The lowest BCUT2D eigenvalue weighted by Gasteiger charge is -2.32. The molecule has 3 aliphatic heterocycles. The smallest absolute Gasteiger partial charge is 0.496 e. The number of methoxy groups -OCH3 is 3. The summed E-state index contributed by atoms with van der Waals surface area (Å²) in [6, 6.07) is 51.3. The third kappa shape index (κ3) is 25.6. The number of alkyl halides is 1. The third-order valence-electron chi connectivity index (χ3n) is 19.9. The van der Waals surface area contributed by atoms with Gasteiger partial charge in [0.25, 0.3) is 0 Å². The minimum Gasteiger partial charge on any atom is -0.496 e. The van der Waals surface area contributed by atoms with Crippen molar-refractivity contribution in [3.63, 3.8) is 0 Å². The van der Waals surface area contributed by atoms with E-state index < -0.39 is 21.1 Å². The second-order valence-corrected chi connectivity index (χ2v) is 32.0. The van der Waals surface area contributed by atoms with Gasteiger partial charge in [-0.2, -0.15) is 21.0 Å². The number of halogens is 9. The summed E-state index contributed by atoms with van der Waals surface area (Å²) < 4.78 is 97.3. The van der Waals surface area contributed by atoms with E-state index in [0.717, 1.165) is 21.1 Å². The van der Waals surface area contributed by atoms with Gasteiger partial charge < -0.3 is 55.7 Å². The minimum absolute atomic E-state index is 0. The van der Waals surface area contributed by atoms with Crippen molar-refractivity contribution in [2.45, 2.75) is 150 Å². The molecular weight excluding hydrogens is 1750 g/mol. The number of nitrogens with one attached hydrogen (secondary N) is 1. The predicted octanol–water partition coefficient (Wildman–Crippen LogP) is 21.9. The first-order valence-corrected chi connectivity index (χ1v) is 38.9. The molecule has 0 unspecified atom stereocenters. The summed E-state index contributed by atoms with van der Waals surface area (Å²) >= 11 is 24.5. The van der Waals surface area contributed by atoms with E-state index in [0.29, 0.717) is 129 Å². The third-order valence-corrected chi connectivity index (χ3v) is 21.6. The van der Waals surface area contributed by atoms with Gasteiger partial charge in [0.15, 0.2) is 0 Å². The van der Waals surface area contributed by atoms with Crippen molar-refractivity contribution in [1.82, 2.24) is 46.7 Å². The van der Waals surface area contributed by atoms with E-state index >= 15 is 8.78 Å². The SMILES string of the molecule is C.C.CC1(C)OB(B2OC(C)(C)C(C)(C)O2)OC1(C)C.CC1(C)OB(c2ccc(C#N)nc2)OC1(C)C.COc1ccc(CBr)c(F)c1-c1cccc(Cl)c1.COc1ccc(Cc2ccc(-c3nn[nH]n3)nc2)c(F)c1-c1cccc(Cl)c1.COc1ccc(Cc2ccc(C#N)nc2)c(F)c1-c1cccc(Cl)c1.Cl.N.N#Cc1ccc(Br)cn1.[CH3-]. The van der Waals surface area contributed by atoms with Crippen LogP contribution in [0.4, 0.5) is 13.2 Å². The fourth-order valence-electron chi connectivity index (χ4n) is 11.4. The number of benzene rings is 6. The van der Waals surface area contributed by atoms with Gasteiger partial charge in [0, 0.05) is 68.0 Å². The maximum absolute atomic E-state index is 15.3. The molecule has 3 aliphatic rings. The van der Waals surface area contributed by atoms with Crippen molar-refractivity contribution in [2.24, 2.45) is 0 Å². The van der Waals surface area contributed by atoms with Gasteiger partial charge in [-0.3, -0.25) is 4.98 Å². The van der Waals surface area contributed by atoms with Gasteiger partial charge in [-0.1, -0.05) is 138 Å². The largest absolute Gasteiger partial charge is 0.496 e. The van der Waals surface area contributed by atoms with E-state index in [1.807, 2.05) is 119 Å². The molecule has 632 valence electrons. The molecule has 11 aromatic rings. The molecule has 0 bridgehead atoms. The normalized spacial score (nSPS) is 14.7. The highest BCUT2D eigenvalue weighted by molar-refractivity contribution is 9.10. The first-order chi connectivity index (χ1) is 54.5. The summed E-state index contributed by atoms with van der Waals surface area (Å²) in [5.41, 5.74) is 6.99. The Bertz CT molecular complexity index is 5230. The van der Waals surface area contributed by atoms with Crippen LogP contribution in [-0.2, 0) is 46.1 Å². The second-order valence-electron chi connectivity index (χ2n) is 29.2. The van der Waals surface area contributed by atoms with Crippen LogP contribution in [0.1, 0.15) is 143 Å². The van der Waals surface area contributed by atoms with E-state index in [4.69, 9.17) is 92.7 Å². The highest BCUT2D eigenvalue weighted by atomic mass is 79.9. The summed E-state index contributed by atoms with van der Waals surface area (Å²) in [4.78, 5) is 16.2. The van der Waals surface area contributed by atoms with Crippen LogP contribution in [0.5, 0.6) is 17.2 Å². The van der Waals surface area contributed by atoms with Crippen molar-refractivity contribution in [1.29, 1.82) is 15.8 Å². The summed E-state index contributed by atoms with van der Waals surface area (Å²) in [5, 5.41) is 41.6. The molecule has 0 aliphatic carbocycles. The Morgan fingerprint density at radius 1 is 0.458 bits per heavy atom. The zero-order chi connectivity index (χ0) is 83.8. The lowest BCUT2D eigenvalue weighted by molar-refractivity contribution is 0.00578. The Labute approximate surface area is 741 Å². The molecule has 3 fully saturated rings. The van der Waals surface area contributed by atoms with E-state index in [-0.39, 0.29) is 91.9 Å². The number of pyridine rings is 4. The molecule has 3 saturated heterocycles. The van der Waals surface area contributed by atoms with Gasteiger partial charge in [0.1, 0.15) is 75.7 Å². The summed E-state index contributed by atoms with van der Waals surface area (Å²) in [5.74, 6) is 0.823. The Hall–Kier alpha value is -9.32. The van der Waals surface area contributed by atoms with Crippen LogP contribution in [0.3, 0.4) is 0 Å². The fraction of sp³-hybridized carbons (Fsp3) is 0.299. The molecule has 21 nitrogen and oxygen atoms in total. The Balaban J connectivity index is 0.000000307. The van der Waals surface area contributed by atoms with E-state index in [1.54, 1.807) is 164 Å². The topological polar surface area (TPSA) is 295 Å². The highest BCUT2D eigenvalue weighted by Gasteiger charge is 2.64. The molecule has 0 atom stereocenters. The lowest BCUT2D eigenvalue weighted by atomic mass is 9.49. The molecule has 8 heterocycles. The molecule has 0 amide bonds. The average molecular weight is 1850 g/mol. The monoisotopic (exact) mass is 1840 g/mol. The Morgan fingerprint density at radius 2 is 0.808 bits per heavy atom. The predicted molar refractivity (Wildman–Crippen MR) is 480 cm³/mol. The average Bonchev–Trinajstić information content (AvgIpc) is 1.59. The Kier molecular flexibility index (Phi) is 38.6. The van der Waals surface area contributed by atoms with Crippen molar-refractivity contribution in [3.8, 4) is 80.4 Å². The number of aromatic nitrogens is 8. The van der Waals surface area contributed by atoms with E-state index in [9.17, 15) is 4.39 Å². The molecule has 33 heteroatoms. The number of nitriles is 3. The maximum Gasteiger partial charge on any atom is 0.496 e. The second kappa shape index (κ2) is 45.0. The fourth-order valence-corrected chi connectivity index (χ4v) is 12.7. The van der Waals surface area contributed by atoms with Crippen LogP contribution < -0.4 is 25.8 Å². The molecule has 0 radical (unpaired) electrons. The maximum atomic E-state index is 15.3. The standard InChI is InChI=1S/C20H15ClFN5O.C20H14ClFN2O.C14H11BrClFO.C12H24B2O4.C12H15BN2O2.C6H3BrN2.2CH4.CH3.ClH.H3N/c1-28-17-8-6-14(19(22)18(17)13-3-2-4-15(21)10-13)9-12-5-7-16(23-11-12)20-24-26-27-25-20;1-25-18-8-6-15(9-13-5-7-17(11-23)24-12-13)20(22)19(18)14-3-2-4-16(21)10-14;1-18-12-6-5-10(8-15)14(17)13(12)9-3-2-4-11(16)7-9;1-9(2)10(3,4)16-13(15-9)14-17-11(5,6)12(7,8)18-14;1-11(2)12(3,4)17-13(16-11)9-5-6-10(7-14)15-8-9;7-5-1-2-6(3-8)9-4-5;;;;;/h2-8,10-11H,9H2,1H3,(H,24,25,26,27);2-8,10,12H,9H2,1H3;2-7H,8H2,1H3;1-8H3;5-6,8H,1-4H3;1-2,4H;2*1H4;1H3;1H;1H3/q;;;;;;;;-1;;. The number of H-pyrrole nitrogens is 1. The van der Waals surface area contributed by atoms with Crippen LogP contribution in [-0.4, -0.2) is 117 Å². The minimum atomic E-state index is -0.476. The van der Waals surface area contributed by atoms with Crippen LogP contribution in [0.15, 0.2) is 187 Å². The van der Waals surface area contributed by atoms with E-state index in [2.05, 4.69) is 72.4 Å². The molecule has 0 spiro atoms. The summed E-state index contributed by atoms with van der Waals surface area (Å²) in [6.45, 7) is 24.2. The molecular formula is C87H97B3Br2Cl4F3N12O9-. The van der Waals surface area contributed by atoms with Gasteiger partial charge in [0.2, 0.25) is 5.82 Å². The van der Waals surface area contributed by atoms with Crippen LogP contribution >= 0.6 is 79.1 Å². The first-order valence-electron chi connectivity index (χ1n) is 35.9. The van der Waals surface area contributed by atoms with Crippen molar-refractivity contribution < 1.29 is 55.3 Å². The molecule has 4 N–H and O–H groups in total. The number of rotatable bonds is 14. The number of hydrogen-bond donors (Lipinski definition) is 2. The van der Waals surface area contributed by atoms with Gasteiger partial charge in [-0.05, 0) is 234 Å². The number of tetrazole rings is 1. The number of nitrogens with zero attached hydrogens (tertiary/aromatic N) is 10. The van der Waals surface area contributed by atoms with Crippen LogP contribution in [0.2, 0.25) is 15.1 Å². The zero-order valence-corrected chi connectivity index (χ0v) is 74.2. The van der Waals surface area contributed by atoms with Crippen LogP contribution in [0, 0.1) is 58.9 Å². The van der Waals surface area contributed by atoms with Gasteiger partial charge in [0.05, 0.1) is 71.6 Å². The summed E-state index contributed by atoms with van der Waals surface area (Å²) in [6.07, 6.45) is 7.22. The quantitative estimate of drug-likeness (QED) is 0.0581.